The molecule has 9 atom stereocenters. The zero-order valence-corrected chi connectivity index (χ0v) is 25.2. The Hall–Kier alpha value is 0.170. The topological polar surface area (TPSA) is 60.4 Å². The van der Waals surface area contributed by atoms with Crippen LogP contribution in [-0.2, 0) is 4.79 Å². The molecule has 34 heavy (non-hydrogen) atoms. The molecule has 0 aliphatic heterocycles. The van der Waals surface area contributed by atoms with Crippen LogP contribution < -0.4 is 34.7 Å². The number of allylic oxidation sites excluding steroid dienone is 2. The molecular formula is C30H47NaO3. The fraction of sp³-hybridized carbons (Fsp3) is 0.900. The van der Waals surface area contributed by atoms with E-state index >= 15 is 0 Å². The first-order valence-electron chi connectivity index (χ1n) is 13.7. The van der Waals surface area contributed by atoms with Crippen LogP contribution in [0.4, 0.5) is 0 Å². The smallest absolute Gasteiger partial charge is 0.550 e. The molecule has 5 aliphatic rings. The second-order valence-electron chi connectivity index (χ2n) is 14.9. The standard InChI is InChI=1S/C30H48O3.Na/c1-25(2)21-10-13-30(7)22(28(21,5)12-11-23(25)31)9-8-19-20-18-27(4,24(32)33)15-14-26(20,3)16-17-29(19,30)6;/h8,20-23,31H,9-18H2,1-7H3,(H,32,33);/q;+1/p-1/t20-,21-,22+,23-,26+,27-,28-,29+,30+;/m0./s1. The van der Waals surface area contributed by atoms with Gasteiger partial charge < -0.3 is 15.0 Å². The van der Waals surface area contributed by atoms with Crippen molar-refractivity contribution >= 4 is 5.97 Å². The number of rotatable bonds is 1. The Bertz CT molecular complexity index is 895. The van der Waals surface area contributed by atoms with Gasteiger partial charge in [-0.3, -0.25) is 0 Å². The van der Waals surface area contributed by atoms with Gasteiger partial charge in [0.2, 0.25) is 0 Å². The Morgan fingerprint density at radius 1 is 0.912 bits per heavy atom. The summed E-state index contributed by atoms with van der Waals surface area (Å²) in [5, 5.41) is 23.0. The summed E-state index contributed by atoms with van der Waals surface area (Å²) >= 11 is 0. The summed E-state index contributed by atoms with van der Waals surface area (Å²) < 4.78 is 0. The van der Waals surface area contributed by atoms with Crippen LogP contribution in [0.1, 0.15) is 113 Å². The molecule has 0 spiro atoms. The van der Waals surface area contributed by atoms with E-state index in [4.69, 9.17) is 0 Å². The number of aliphatic hydroxyl groups is 1. The van der Waals surface area contributed by atoms with Gasteiger partial charge in [0.05, 0.1) is 6.10 Å². The molecular weight excluding hydrogens is 431 g/mol. The number of fused-ring (bicyclic) bond motifs is 7. The van der Waals surface area contributed by atoms with Crippen molar-refractivity contribution in [3.8, 4) is 0 Å². The Balaban J connectivity index is 0.00000274. The molecule has 0 heterocycles. The van der Waals surface area contributed by atoms with Gasteiger partial charge in [0.1, 0.15) is 0 Å². The van der Waals surface area contributed by atoms with Crippen molar-refractivity contribution in [1.29, 1.82) is 0 Å². The van der Waals surface area contributed by atoms with Crippen LogP contribution in [0.25, 0.3) is 0 Å². The van der Waals surface area contributed by atoms with Crippen molar-refractivity contribution in [3.63, 3.8) is 0 Å². The molecule has 3 nitrogen and oxygen atoms in total. The molecule has 0 amide bonds. The maximum atomic E-state index is 12.1. The van der Waals surface area contributed by atoms with Crippen molar-refractivity contribution in [3.05, 3.63) is 11.6 Å². The van der Waals surface area contributed by atoms with E-state index in [1.54, 1.807) is 5.57 Å². The first-order chi connectivity index (χ1) is 15.1. The van der Waals surface area contributed by atoms with E-state index in [1.807, 2.05) is 6.92 Å². The Morgan fingerprint density at radius 3 is 2.21 bits per heavy atom. The fourth-order valence-corrected chi connectivity index (χ4v) is 10.5. The summed E-state index contributed by atoms with van der Waals surface area (Å²) in [5.74, 6) is 0.703. The normalized spacial score (nSPS) is 53.7. The van der Waals surface area contributed by atoms with E-state index in [9.17, 15) is 15.0 Å². The van der Waals surface area contributed by atoms with Gasteiger partial charge >= 0.3 is 29.6 Å². The number of hydrogen-bond acceptors (Lipinski definition) is 3. The van der Waals surface area contributed by atoms with Crippen molar-refractivity contribution in [2.75, 3.05) is 0 Å². The number of carbonyl (C=O) groups is 1. The SMILES string of the molecule is CC1(C)[C@@H](O)CC[C@]2(C)[C@H]3CC=C4[C@@H]5C[C@@](C)(C(=O)[O-])CC[C@]5(C)CC[C@@]4(C)[C@]3(C)CC[C@@H]12.[Na+]. The van der Waals surface area contributed by atoms with Crippen LogP contribution >= 0.6 is 0 Å². The van der Waals surface area contributed by atoms with Crippen molar-refractivity contribution in [2.24, 2.45) is 50.2 Å². The number of carboxylic acids is 1. The van der Waals surface area contributed by atoms with E-state index < -0.39 is 11.4 Å². The van der Waals surface area contributed by atoms with Crippen LogP contribution in [0.15, 0.2) is 11.6 Å². The second-order valence-corrected chi connectivity index (χ2v) is 14.9. The Kier molecular flexibility index (Phi) is 6.47. The number of aliphatic carboxylic acids is 1. The zero-order valence-electron chi connectivity index (χ0n) is 23.2. The summed E-state index contributed by atoms with van der Waals surface area (Å²) in [6.07, 6.45) is 12.9. The van der Waals surface area contributed by atoms with Crippen molar-refractivity contribution in [2.45, 2.75) is 119 Å². The molecule has 0 bridgehead atoms. The molecule has 5 rings (SSSR count). The maximum absolute atomic E-state index is 12.1. The molecule has 4 heteroatoms. The minimum absolute atomic E-state index is 0. The molecule has 1 N–H and O–H groups in total. The zero-order chi connectivity index (χ0) is 24.2. The van der Waals surface area contributed by atoms with E-state index in [-0.39, 0.29) is 62.7 Å². The average Bonchev–Trinajstić information content (AvgIpc) is 2.73. The molecule has 0 aromatic heterocycles. The largest absolute Gasteiger partial charge is 1.00 e. The number of carbonyl (C=O) groups excluding carboxylic acids is 1. The predicted octanol–water partition coefficient (Wildman–Crippen LogP) is 2.90. The van der Waals surface area contributed by atoms with E-state index in [1.165, 1.54) is 25.7 Å². The maximum Gasteiger partial charge on any atom is 1.00 e. The third-order valence-corrected chi connectivity index (χ3v) is 13.3. The van der Waals surface area contributed by atoms with Crippen molar-refractivity contribution < 1.29 is 44.6 Å². The molecule has 0 aromatic carbocycles. The van der Waals surface area contributed by atoms with Gasteiger partial charge in [0, 0.05) is 11.4 Å². The molecule has 0 radical (unpaired) electrons. The van der Waals surface area contributed by atoms with Crippen LogP contribution in [0.3, 0.4) is 0 Å². The summed E-state index contributed by atoms with van der Waals surface area (Å²) in [6, 6.07) is 0. The molecule has 5 aliphatic carbocycles. The van der Waals surface area contributed by atoms with Gasteiger partial charge in [-0.2, -0.15) is 0 Å². The summed E-state index contributed by atoms with van der Waals surface area (Å²) in [4.78, 5) is 12.1. The first-order valence-corrected chi connectivity index (χ1v) is 13.7. The summed E-state index contributed by atoms with van der Waals surface area (Å²) in [5.41, 5.74) is 1.72. The van der Waals surface area contributed by atoms with Crippen LogP contribution in [0.5, 0.6) is 0 Å². The molecule has 0 saturated heterocycles. The second kappa shape index (κ2) is 8.08. The van der Waals surface area contributed by atoms with Gasteiger partial charge in [-0.25, -0.2) is 0 Å². The van der Waals surface area contributed by atoms with Gasteiger partial charge in [0.25, 0.3) is 0 Å². The number of aliphatic hydroxyl groups excluding tert-OH is 1. The van der Waals surface area contributed by atoms with Crippen LogP contribution in [-0.4, -0.2) is 17.2 Å². The van der Waals surface area contributed by atoms with Crippen LogP contribution in [0.2, 0.25) is 0 Å². The molecule has 4 fully saturated rings. The van der Waals surface area contributed by atoms with Gasteiger partial charge in [0.15, 0.2) is 0 Å². The van der Waals surface area contributed by atoms with E-state index in [0.717, 1.165) is 38.5 Å². The Labute approximate surface area is 230 Å². The summed E-state index contributed by atoms with van der Waals surface area (Å²) in [7, 11) is 0. The monoisotopic (exact) mass is 478 g/mol. The van der Waals surface area contributed by atoms with Gasteiger partial charge in [-0.1, -0.05) is 60.1 Å². The third-order valence-electron chi connectivity index (χ3n) is 13.3. The Morgan fingerprint density at radius 2 is 1.56 bits per heavy atom. The molecule has 186 valence electrons. The number of hydrogen-bond donors (Lipinski definition) is 1. The number of carboxylic acid groups (broad SMARTS) is 1. The quantitative estimate of drug-likeness (QED) is 0.466. The third kappa shape index (κ3) is 3.31. The summed E-state index contributed by atoms with van der Waals surface area (Å²) in [6.45, 7) is 16.7. The minimum Gasteiger partial charge on any atom is -0.550 e. The molecule has 4 saturated carbocycles. The average molecular weight is 479 g/mol. The minimum atomic E-state index is -0.853. The van der Waals surface area contributed by atoms with E-state index in [0.29, 0.717) is 17.8 Å². The van der Waals surface area contributed by atoms with Gasteiger partial charge in [-0.05, 0) is 109 Å². The predicted molar refractivity (Wildman–Crippen MR) is 130 cm³/mol. The van der Waals surface area contributed by atoms with Gasteiger partial charge in [-0.15, -0.1) is 0 Å². The molecule has 0 aromatic rings. The van der Waals surface area contributed by atoms with Crippen LogP contribution in [0, 0.1) is 50.2 Å². The van der Waals surface area contributed by atoms with Crippen molar-refractivity contribution in [1.82, 2.24) is 0 Å². The fourth-order valence-electron chi connectivity index (χ4n) is 10.5. The first kappa shape index (κ1) is 27.2. The van der Waals surface area contributed by atoms with E-state index in [2.05, 4.69) is 47.6 Å². The molecule has 0 unspecified atom stereocenters.